The highest BCUT2D eigenvalue weighted by Crippen LogP contribution is 2.23. The Labute approximate surface area is 183 Å². The Hall–Kier alpha value is -3.16. The molecule has 7 heteroatoms. The van der Waals surface area contributed by atoms with Crippen LogP contribution in [0.2, 0.25) is 0 Å². The first-order chi connectivity index (χ1) is 14.8. The highest BCUT2D eigenvalue weighted by atomic mass is 16.3. The molecule has 0 unspecified atom stereocenters. The summed E-state index contributed by atoms with van der Waals surface area (Å²) in [6, 6.07) is 18.8. The second kappa shape index (κ2) is 10.2. The van der Waals surface area contributed by atoms with E-state index in [2.05, 4.69) is 15.7 Å². The summed E-state index contributed by atoms with van der Waals surface area (Å²) in [5, 5.41) is 21.2. The number of carbonyl (C=O) groups excluding carboxylic acids is 1. The van der Waals surface area contributed by atoms with Gasteiger partial charge in [-0.15, -0.1) is 0 Å². The molecule has 0 spiro atoms. The van der Waals surface area contributed by atoms with E-state index in [4.69, 9.17) is 0 Å². The maximum atomic E-state index is 12.7. The molecule has 1 heterocycles. The summed E-state index contributed by atoms with van der Waals surface area (Å²) in [5.41, 5.74) is 4.21. The molecule has 1 aromatic heterocycles. The summed E-state index contributed by atoms with van der Waals surface area (Å²) in [4.78, 5) is 14.7. The SMILES string of the molecule is Cc1cc(C)n(-c2ccccc2NC(=O)NC[C@H](CN(C)C)[C@@H](O)c2ccccc2)n1. The van der Waals surface area contributed by atoms with Gasteiger partial charge in [-0.25, -0.2) is 9.48 Å². The van der Waals surface area contributed by atoms with E-state index < -0.39 is 6.10 Å². The van der Waals surface area contributed by atoms with Gasteiger partial charge in [-0.2, -0.15) is 5.10 Å². The fraction of sp³-hybridized carbons (Fsp3) is 0.333. The summed E-state index contributed by atoms with van der Waals surface area (Å²) >= 11 is 0. The molecule has 0 aliphatic carbocycles. The van der Waals surface area contributed by atoms with Crippen molar-refractivity contribution in [1.29, 1.82) is 0 Å². The summed E-state index contributed by atoms with van der Waals surface area (Å²) < 4.78 is 1.82. The number of nitrogens with one attached hydrogen (secondary N) is 2. The van der Waals surface area contributed by atoms with Crippen LogP contribution in [-0.2, 0) is 0 Å². The van der Waals surface area contributed by atoms with Gasteiger partial charge in [0, 0.05) is 24.7 Å². The number of benzene rings is 2. The number of nitrogens with zero attached hydrogens (tertiary/aromatic N) is 3. The zero-order valence-corrected chi connectivity index (χ0v) is 18.5. The normalized spacial score (nSPS) is 13.1. The number of aliphatic hydroxyl groups excluding tert-OH is 1. The third-order valence-corrected chi connectivity index (χ3v) is 5.10. The summed E-state index contributed by atoms with van der Waals surface area (Å²) in [6.45, 7) is 4.89. The molecule has 3 aromatic rings. The van der Waals surface area contributed by atoms with Crippen LogP contribution in [0.15, 0.2) is 60.7 Å². The molecule has 31 heavy (non-hydrogen) atoms. The molecule has 3 N–H and O–H groups in total. The fourth-order valence-electron chi connectivity index (χ4n) is 3.69. The van der Waals surface area contributed by atoms with Crippen LogP contribution in [0.25, 0.3) is 5.69 Å². The van der Waals surface area contributed by atoms with Crippen molar-refractivity contribution < 1.29 is 9.90 Å². The van der Waals surface area contributed by atoms with Crippen molar-refractivity contribution in [2.24, 2.45) is 5.92 Å². The molecular weight excluding hydrogens is 390 g/mol. The van der Waals surface area contributed by atoms with Gasteiger partial charge in [0.15, 0.2) is 0 Å². The molecule has 2 amide bonds. The second-order valence-corrected chi connectivity index (χ2v) is 8.07. The number of aryl methyl sites for hydroxylation is 2. The van der Waals surface area contributed by atoms with Crippen molar-refractivity contribution >= 4 is 11.7 Å². The van der Waals surface area contributed by atoms with Gasteiger partial charge in [-0.1, -0.05) is 42.5 Å². The summed E-state index contributed by atoms with van der Waals surface area (Å²) in [5.74, 6) is -0.158. The summed E-state index contributed by atoms with van der Waals surface area (Å²) in [6.07, 6.45) is -0.675. The first kappa shape index (κ1) is 22.5. The number of aromatic nitrogens is 2. The minimum Gasteiger partial charge on any atom is -0.388 e. The van der Waals surface area contributed by atoms with E-state index in [-0.39, 0.29) is 11.9 Å². The molecule has 7 nitrogen and oxygen atoms in total. The molecule has 0 aliphatic rings. The lowest BCUT2D eigenvalue weighted by atomic mass is 9.95. The van der Waals surface area contributed by atoms with Crippen LogP contribution < -0.4 is 10.6 Å². The van der Waals surface area contributed by atoms with Gasteiger partial charge in [0.25, 0.3) is 0 Å². The molecular formula is C24H31N5O2. The number of amides is 2. The zero-order chi connectivity index (χ0) is 22.4. The number of aliphatic hydroxyl groups is 1. The van der Waals surface area contributed by atoms with Gasteiger partial charge in [-0.3, -0.25) is 0 Å². The Morgan fingerprint density at radius 3 is 2.42 bits per heavy atom. The second-order valence-electron chi connectivity index (χ2n) is 8.07. The average Bonchev–Trinajstić information content (AvgIpc) is 3.09. The van der Waals surface area contributed by atoms with E-state index in [1.807, 2.05) is 98.2 Å². The largest absolute Gasteiger partial charge is 0.388 e. The Morgan fingerprint density at radius 2 is 1.77 bits per heavy atom. The molecule has 2 atom stereocenters. The third-order valence-electron chi connectivity index (χ3n) is 5.10. The number of rotatable bonds is 8. The van der Waals surface area contributed by atoms with Crippen molar-refractivity contribution in [2.45, 2.75) is 20.0 Å². The zero-order valence-electron chi connectivity index (χ0n) is 18.5. The highest BCUT2D eigenvalue weighted by Gasteiger charge is 2.22. The van der Waals surface area contributed by atoms with Crippen LogP contribution in [0.4, 0.5) is 10.5 Å². The predicted molar refractivity (Wildman–Crippen MR) is 124 cm³/mol. The minimum absolute atomic E-state index is 0.158. The monoisotopic (exact) mass is 421 g/mol. The first-order valence-corrected chi connectivity index (χ1v) is 10.4. The molecule has 0 fully saturated rings. The third kappa shape index (κ3) is 5.93. The lowest BCUT2D eigenvalue weighted by molar-refractivity contribution is 0.0911. The van der Waals surface area contributed by atoms with Crippen LogP contribution in [-0.4, -0.2) is 53.0 Å². The Morgan fingerprint density at radius 1 is 1.10 bits per heavy atom. The standard InChI is InChI=1S/C24H31N5O2/c1-17-14-18(2)29(27-17)22-13-9-8-12-21(22)26-24(31)25-15-20(16-28(3)4)23(30)19-10-6-5-7-11-19/h5-14,20,23,30H,15-16H2,1-4H3,(H2,25,26,31)/t20-,23+/m1/s1. The maximum absolute atomic E-state index is 12.7. The van der Waals surface area contributed by atoms with Crippen LogP contribution >= 0.6 is 0 Å². The number of hydrogen-bond donors (Lipinski definition) is 3. The highest BCUT2D eigenvalue weighted by molar-refractivity contribution is 5.91. The molecule has 0 bridgehead atoms. The Kier molecular flexibility index (Phi) is 7.44. The van der Waals surface area contributed by atoms with Gasteiger partial charge < -0.3 is 20.6 Å². The van der Waals surface area contributed by atoms with E-state index in [9.17, 15) is 9.90 Å². The maximum Gasteiger partial charge on any atom is 0.319 e. The van der Waals surface area contributed by atoms with Gasteiger partial charge in [0.2, 0.25) is 0 Å². The average molecular weight is 422 g/mol. The van der Waals surface area contributed by atoms with Gasteiger partial charge >= 0.3 is 6.03 Å². The van der Waals surface area contributed by atoms with Crippen LogP contribution in [0, 0.1) is 19.8 Å². The van der Waals surface area contributed by atoms with E-state index in [1.165, 1.54) is 0 Å². The van der Waals surface area contributed by atoms with E-state index in [1.54, 1.807) is 0 Å². The number of para-hydroxylation sites is 2. The van der Waals surface area contributed by atoms with E-state index in [0.717, 1.165) is 22.6 Å². The summed E-state index contributed by atoms with van der Waals surface area (Å²) in [7, 11) is 3.91. The number of anilines is 1. The fourth-order valence-corrected chi connectivity index (χ4v) is 3.69. The van der Waals surface area contributed by atoms with Gasteiger partial charge in [0.1, 0.15) is 0 Å². The Balaban J connectivity index is 1.69. The van der Waals surface area contributed by atoms with Crippen molar-refractivity contribution in [3.05, 3.63) is 77.6 Å². The van der Waals surface area contributed by atoms with Crippen LogP contribution in [0.3, 0.4) is 0 Å². The topological polar surface area (TPSA) is 82.4 Å². The number of hydrogen-bond acceptors (Lipinski definition) is 4. The molecule has 3 rings (SSSR count). The smallest absolute Gasteiger partial charge is 0.319 e. The van der Waals surface area contributed by atoms with Gasteiger partial charge in [-0.05, 0) is 51.7 Å². The van der Waals surface area contributed by atoms with E-state index in [0.29, 0.717) is 18.8 Å². The lowest BCUT2D eigenvalue weighted by Gasteiger charge is -2.26. The number of urea groups is 1. The van der Waals surface area contributed by atoms with E-state index >= 15 is 0 Å². The van der Waals surface area contributed by atoms with Gasteiger partial charge in [0.05, 0.1) is 23.2 Å². The quantitative estimate of drug-likeness (QED) is 0.520. The van der Waals surface area contributed by atoms with Crippen LogP contribution in [0.5, 0.6) is 0 Å². The van der Waals surface area contributed by atoms with Crippen molar-refractivity contribution in [2.75, 3.05) is 32.5 Å². The first-order valence-electron chi connectivity index (χ1n) is 10.4. The molecule has 0 saturated carbocycles. The minimum atomic E-state index is -0.675. The lowest BCUT2D eigenvalue weighted by Crippen LogP contribution is -2.39. The molecule has 0 saturated heterocycles. The number of carbonyl (C=O) groups is 1. The van der Waals surface area contributed by atoms with Crippen molar-refractivity contribution in [3.8, 4) is 5.69 Å². The van der Waals surface area contributed by atoms with Crippen molar-refractivity contribution in [1.82, 2.24) is 20.0 Å². The Bertz CT molecular complexity index is 1000. The molecule has 0 radical (unpaired) electrons. The molecule has 164 valence electrons. The predicted octanol–water partition coefficient (Wildman–Crippen LogP) is 3.52. The molecule has 2 aromatic carbocycles. The molecule has 0 aliphatic heterocycles. The van der Waals surface area contributed by atoms with Crippen molar-refractivity contribution in [3.63, 3.8) is 0 Å². The van der Waals surface area contributed by atoms with Crippen LogP contribution in [0.1, 0.15) is 23.1 Å².